The molecule has 0 amide bonds. The summed E-state index contributed by atoms with van der Waals surface area (Å²) in [5.41, 5.74) is 1.93. The highest BCUT2D eigenvalue weighted by Gasteiger charge is 2.27. The molecule has 2 aromatic rings. The summed E-state index contributed by atoms with van der Waals surface area (Å²) in [4.78, 5) is 15.2. The number of hydrogen-bond donors (Lipinski definition) is 2. The standard InChI is InChI=1S/C15H18N2O3/c18-8-12-3-1-2-11(12)7-17-9-16-13-6-10(15(19)20)4-5-14(13)17/h4-6,9,11-12,18H,1-3,7-8H2,(H,19,20). The molecular weight excluding hydrogens is 256 g/mol. The van der Waals surface area contributed by atoms with E-state index in [0.29, 0.717) is 17.4 Å². The third-order valence-electron chi connectivity index (χ3n) is 4.35. The second-order valence-corrected chi connectivity index (χ2v) is 5.54. The first-order valence-electron chi connectivity index (χ1n) is 6.98. The zero-order chi connectivity index (χ0) is 14.1. The lowest BCUT2D eigenvalue weighted by Gasteiger charge is -2.18. The minimum atomic E-state index is -0.933. The summed E-state index contributed by atoms with van der Waals surface area (Å²) in [5, 5.41) is 18.4. The molecule has 1 saturated carbocycles. The fourth-order valence-corrected chi connectivity index (χ4v) is 3.19. The molecule has 2 unspecified atom stereocenters. The van der Waals surface area contributed by atoms with Crippen LogP contribution in [0.2, 0.25) is 0 Å². The zero-order valence-corrected chi connectivity index (χ0v) is 11.2. The maximum Gasteiger partial charge on any atom is 0.335 e. The SMILES string of the molecule is O=C(O)c1ccc2c(c1)ncn2CC1CCCC1CO. The van der Waals surface area contributed by atoms with Crippen molar-refractivity contribution >= 4 is 17.0 Å². The van der Waals surface area contributed by atoms with Gasteiger partial charge < -0.3 is 14.8 Å². The number of carbonyl (C=O) groups is 1. The average Bonchev–Trinajstić information content (AvgIpc) is 3.05. The van der Waals surface area contributed by atoms with Gasteiger partial charge in [0.15, 0.2) is 0 Å². The van der Waals surface area contributed by atoms with Crippen LogP contribution in [0.4, 0.5) is 0 Å². The number of carboxylic acid groups (broad SMARTS) is 1. The third-order valence-corrected chi connectivity index (χ3v) is 4.35. The summed E-state index contributed by atoms with van der Waals surface area (Å²) in [6.45, 7) is 1.09. The Morgan fingerprint density at radius 1 is 1.35 bits per heavy atom. The Morgan fingerprint density at radius 3 is 2.90 bits per heavy atom. The van der Waals surface area contributed by atoms with E-state index < -0.39 is 5.97 Å². The summed E-state index contributed by atoms with van der Waals surface area (Å²) in [7, 11) is 0. The lowest BCUT2D eigenvalue weighted by Crippen LogP contribution is -2.17. The van der Waals surface area contributed by atoms with Gasteiger partial charge in [-0.2, -0.15) is 0 Å². The van der Waals surface area contributed by atoms with Crippen molar-refractivity contribution in [3.8, 4) is 0 Å². The fraction of sp³-hybridized carbons (Fsp3) is 0.467. The first-order chi connectivity index (χ1) is 9.69. The van der Waals surface area contributed by atoms with Crippen molar-refractivity contribution in [2.75, 3.05) is 6.61 Å². The molecule has 2 atom stereocenters. The van der Waals surface area contributed by atoms with Crippen molar-refractivity contribution in [3.05, 3.63) is 30.1 Å². The highest BCUT2D eigenvalue weighted by atomic mass is 16.4. The van der Waals surface area contributed by atoms with Crippen LogP contribution >= 0.6 is 0 Å². The number of rotatable bonds is 4. The molecule has 1 aliphatic carbocycles. The second kappa shape index (κ2) is 5.25. The molecule has 20 heavy (non-hydrogen) atoms. The first-order valence-corrected chi connectivity index (χ1v) is 6.98. The molecule has 1 heterocycles. The van der Waals surface area contributed by atoms with Gasteiger partial charge in [-0.1, -0.05) is 6.42 Å². The molecule has 3 rings (SSSR count). The predicted octanol–water partition coefficient (Wildman–Crippen LogP) is 2.14. The average molecular weight is 274 g/mol. The molecule has 0 aliphatic heterocycles. The molecule has 1 fully saturated rings. The number of nitrogens with zero attached hydrogens (tertiary/aromatic N) is 2. The second-order valence-electron chi connectivity index (χ2n) is 5.54. The van der Waals surface area contributed by atoms with E-state index in [4.69, 9.17) is 5.11 Å². The molecule has 106 valence electrons. The first kappa shape index (κ1) is 13.1. The molecule has 0 bridgehead atoms. The van der Waals surface area contributed by atoms with Crippen molar-refractivity contribution < 1.29 is 15.0 Å². The van der Waals surface area contributed by atoms with Crippen LogP contribution in [-0.4, -0.2) is 32.3 Å². The van der Waals surface area contributed by atoms with E-state index in [0.717, 1.165) is 24.9 Å². The largest absolute Gasteiger partial charge is 0.478 e. The Bertz CT molecular complexity index is 635. The predicted molar refractivity (Wildman–Crippen MR) is 74.6 cm³/mol. The number of fused-ring (bicyclic) bond motifs is 1. The Labute approximate surface area is 116 Å². The normalized spacial score (nSPS) is 22.4. The molecule has 1 aromatic carbocycles. The van der Waals surface area contributed by atoms with Crippen LogP contribution in [0.25, 0.3) is 11.0 Å². The molecule has 0 radical (unpaired) electrons. The smallest absolute Gasteiger partial charge is 0.335 e. The van der Waals surface area contributed by atoms with Crippen molar-refractivity contribution in [2.24, 2.45) is 11.8 Å². The van der Waals surface area contributed by atoms with Crippen LogP contribution in [-0.2, 0) is 6.54 Å². The number of benzene rings is 1. The van der Waals surface area contributed by atoms with Crippen LogP contribution in [0.3, 0.4) is 0 Å². The zero-order valence-electron chi connectivity index (χ0n) is 11.2. The lowest BCUT2D eigenvalue weighted by molar-refractivity contribution is 0.0697. The van der Waals surface area contributed by atoms with E-state index in [9.17, 15) is 9.90 Å². The van der Waals surface area contributed by atoms with Gasteiger partial charge in [0.25, 0.3) is 0 Å². The van der Waals surface area contributed by atoms with Crippen molar-refractivity contribution in [1.29, 1.82) is 0 Å². The van der Waals surface area contributed by atoms with Gasteiger partial charge in [-0.05, 0) is 42.9 Å². The number of aliphatic hydroxyl groups is 1. The number of aliphatic hydroxyl groups excluding tert-OH is 1. The lowest BCUT2D eigenvalue weighted by atomic mass is 9.97. The summed E-state index contributed by atoms with van der Waals surface area (Å²) >= 11 is 0. The molecular formula is C15H18N2O3. The van der Waals surface area contributed by atoms with Crippen LogP contribution in [0.5, 0.6) is 0 Å². The Morgan fingerprint density at radius 2 is 2.15 bits per heavy atom. The van der Waals surface area contributed by atoms with Crippen molar-refractivity contribution in [3.63, 3.8) is 0 Å². The van der Waals surface area contributed by atoms with Gasteiger partial charge in [-0.15, -0.1) is 0 Å². The summed E-state index contributed by atoms with van der Waals surface area (Å²) < 4.78 is 2.07. The van der Waals surface area contributed by atoms with Gasteiger partial charge >= 0.3 is 5.97 Å². The molecule has 5 heteroatoms. The van der Waals surface area contributed by atoms with Crippen molar-refractivity contribution in [1.82, 2.24) is 9.55 Å². The van der Waals surface area contributed by atoms with Crippen LogP contribution in [0.15, 0.2) is 24.5 Å². The minimum Gasteiger partial charge on any atom is -0.478 e. The fourth-order valence-electron chi connectivity index (χ4n) is 3.19. The van der Waals surface area contributed by atoms with Crippen LogP contribution in [0, 0.1) is 11.8 Å². The molecule has 1 aliphatic rings. The maximum absolute atomic E-state index is 10.9. The van der Waals surface area contributed by atoms with E-state index in [1.807, 2.05) is 6.07 Å². The molecule has 0 spiro atoms. The third kappa shape index (κ3) is 2.29. The van der Waals surface area contributed by atoms with Crippen molar-refractivity contribution in [2.45, 2.75) is 25.8 Å². The topological polar surface area (TPSA) is 75.3 Å². The van der Waals surface area contributed by atoms with E-state index in [2.05, 4.69) is 9.55 Å². The molecule has 2 N–H and O–H groups in total. The van der Waals surface area contributed by atoms with Crippen LogP contribution < -0.4 is 0 Å². The maximum atomic E-state index is 10.9. The Hall–Kier alpha value is -1.88. The van der Waals surface area contributed by atoms with Gasteiger partial charge in [0.1, 0.15) is 0 Å². The van der Waals surface area contributed by atoms with Gasteiger partial charge in [-0.25, -0.2) is 9.78 Å². The van der Waals surface area contributed by atoms with E-state index in [-0.39, 0.29) is 12.2 Å². The number of aromatic carboxylic acids is 1. The number of aromatic nitrogens is 2. The van der Waals surface area contributed by atoms with Gasteiger partial charge in [0, 0.05) is 13.2 Å². The van der Waals surface area contributed by atoms with E-state index in [1.165, 1.54) is 6.42 Å². The van der Waals surface area contributed by atoms with Gasteiger partial charge in [0.05, 0.1) is 22.9 Å². The Balaban J connectivity index is 1.87. The minimum absolute atomic E-state index is 0.250. The summed E-state index contributed by atoms with van der Waals surface area (Å²) in [6, 6.07) is 5.03. The monoisotopic (exact) mass is 274 g/mol. The number of hydrogen-bond acceptors (Lipinski definition) is 3. The summed E-state index contributed by atoms with van der Waals surface area (Å²) in [6.07, 6.45) is 5.17. The quantitative estimate of drug-likeness (QED) is 0.895. The van der Waals surface area contributed by atoms with Crippen LogP contribution in [0.1, 0.15) is 29.6 Å². The Kier molecular flexibility index (Phi) is 3.44. The number of carboxylic acids is 1. The molecule has 5 nitrogen and oxygen atoms in total. The highest BCUT2D eigenvalue weighted by molar-refractivity contribution is 5.92. The number of imidazole rings is 1. The van der Waals surface area contributed by atoms with Gasteiger partial charge in [-0.3, -0.25) is 0 Å². The van der Waals surface area contributed by atoms with E-state index >= 15 is 0 Å². The highest BCUT2D eigenvalue weighted by Crippen LogP contribution is 2.33. The van der Waals surface area contributed by atoms with Gasteiger partial charge in [0.2, 0.25) is 0 Å². The molecule has 1 aromatic heterocycles. The summed E-state index contributed by atoms with van der Waals surface area (Å²) in [5.74, 6) is -0.0696. The molecule has 0 saturated heterocycles. The van der Waals surface area contributed by atoms with E-state index in [1.54, 1.807) is 18.5 Å².